The van der Waals surface area contributed by atoms with Crippen molar-refractivity contribution >= 4 is 11.9 Å². The highest BCUT2D eigenvalue weighted by atomic mass is 15.2. The smallest absolute Gasteiger partial charge is 0.227 e. The van der Waals surface area contributed by atoms with Gasteiger partial charge in [-0.15, -0.1) is 0 Å². The summed E-state index contributed by atoms with van der Waals surface area (Å²) in [5, 5.41) is 6.89. The van der Waals surface area contributed by atoms with Gasteiger partial charge in [0, 0.05) is 19.5 Å². The predicted octanol–water partition coefficient (Wildman–Crippen LogP) is 5.20. The topological polar surface area (TPSA) is 62.7 Å². The molecule has 0 saturated heterocycles. The highest BCUT2D eigenvalue weighted by Crippen LogP contribution is 2.27. The Morgan fingerprint density at radius 3 is 1.58 bits per heavy atom. The lowest BCUT2D eigenvalue weighted by molar-refractivity contribution is 0.345. The SMILES string of the molecule is CCc1nc(NCCC2CCCCC2)nc(NCCC2CCCCC2)n1. The zero-order valence-corrected chi connectivity index (χ0v) is 16.6. The molecule has 2 aliphatic carbocycles. The van der Waals surface area contributed by atoms with Gasteiger partial charge in [0.15, 0.2) is 0 Å². The van der Waals surface area contributed by atoms with Crippen molar-refractivity contribution in [2.24, 2.45) is 11.8 Å². The number of nitrogens with one attached hydrogen (secondary N) is 2. The van der Waals surface area contributed by atoms with E-state index in [1.165, 1.54) is 77.0 Å². The molecule has 26 heavy (non-hydrogen) atoms. The van der Waals surface area contributed by atoms with E-state index in [1.807, 2.05) is 0 Å². The molecular weight excluding hydrogens is 322 g/mol. The van der Waals surface area contributed by atoms with Crippen molar-refractivity contribution in [2.45, 2.75) is 90.4 Å². The van der Waals surface area contributed by atoms with Crippen LogP contribution in [0.15, 0.2) is 0 Å². The maximum Gasteiger partial charge on any atom is 0.227 e. The van der Waals surface area contributed by atoms with Crippen molar-refractivity contribution < 1.29 is 0 Å². The number of nitrogens with zero attached hydrogens (tertiary/aromatic N) is 3. The molecule has 0 spiro atoms. The summed E-state index contributed by atoms with van der Waals surface area (Å²) in [6, 6.07) is 0. The van der Waals surface area contributed by atoms with E-state index in [2.05, 4.69) is 32.5 Å². The second-order valence-electron chi connectivity index (χ2n) is 8.19. The van der Waals surface area contributed by atoms with Crippen LogP contribution in [0.4, 0.5) is 11.9 Å². The zero-order chi connectivity index (χ0) is 18.0. The van der Waals surface area contributed by atoms with Crippen LogP contribution in [0.3, 0.4) is 0 Å². The molecule has 146 valence electrons. The molecule has 0 atom stereocenters. The van der Waals surface area contributed by atoms with E-state index in [0.29, 0.717) is 0 Å². The van der Waals surface area contributed by atoms with Gasteiger partial charge < -0.3 is 10.6 Å². The molecule has 0 unspecified atom stereocenters. The van der Waals surface area contributed by atoms with Crippen molar-refractivity contribution in [3.63, 3.8) is 0 Å². The van der Waals surface area contributed by atoms with E-state index in [-0.39, 0.29) is 0 Å². The van der Waals surface area contributed by atoms with Crippen LogP contribution in [0.5, 0.6) is 0 Å². The number of hydrogen-bond acceptors (Lipinski definition) is 5. The molecular formula is C21H37N5. The monoisotopic (exact) mass is 359 g/mol. The molecule has 0 aromatic carbocycles. The highest BCUT2D eigenvalue weighted by Gasteiger charge is 2.14. The molecule has 1 heterocycles. The molecule has 1 aromatic heterocycles. The van der Waals surface area contributed by atoms with Gasteiger partial charge in [-0.25, -0.2) is 0 Å². The van der Waals surface area contributed by atoms with Crippen LogP contribution in [-0.2, 0) is 6.42 Å². The van der Waals surface area contributed by atoms with Gasteiger partial charge in [0.25, 0.3) is 0 Å². The predicted molar refractivity (Wildman–Crippen MR) is 109 cm³/mol. The van der Waals surface area contributed by atoms with E-state index < -0.39 is 0 Å². The van der Waals surface area contributed by atoms with Gasteiger partial charge in [-0.1, -0.05) is 71.1 Å². The van der Waals surface area contributed by atoms with E-state index >= 15 is 0 Å². The zero-order valence-electron chi connectivity index (χ0n) is 16.6. The summed E-state index contributed by atoms with van der Waals surface area (Å²) in [7, 11) is 0. The fourth-order valence-corrected chi connectivity index (χ4v) is 4.46. The van der Waals surface area contributed by atoms with Crippen LogP contribution < -0.4 is 10.6 Å². The van der Waals surface area contributed by atoms with E-state index in [0.717, 1.165) is 49.1 Å². The molecule has 1 aromatic rings. The lowest BCUT2D eigenvalue weighted by atomic mass is 9.87. The van der Waals surface area contributed by atoms with Crippen molar-refractivity contribution in [1.82, 2.24) is 15.0 Å². The first kappa shape index (κ1) is 19.4. The Hall–Kier alpha value is -1.39. The normalized spacial score (nSPS) is 19.4. The molecule has 3 rings (SSSR count). The molecule has 2 fully saturated rings. The van der Waals surface area contributed by atoms with Crippen LogP contribution >= 0.6 is 0 Å². The fourth-order valence-electron chi connectivity index (χ4n) is 4.46. The maximum absolute atomic E-state index is 4.60. The van der Waals surface area contributed by atoms with Crippen molar-refractivity contribution in [1.29, 1.82) is 0 Å². The number of aromatic nitrogens is 3. The summed E-state index contributed by atoms with van der Waals surface area (Å²) >= 11 is 0. The third-order valence-corrected chi connectivity index (χ3v) is 6.12. The third-order valence-electron chi connectivity index (χ3n) is 6.12. The van der Waals surface area contributed by atoms with Gasteiger partial charge in [-0.05, 0) is 24.7 Å². The average Bonchev–Trinajstić information content (AvgIpc) is 2.69. The lowest BCUT2D eigenvalue weighted by Crippen LogP contribution is -2.17. The second kappa shape index (κ2) is 10.7. The Kier molecular flexibility index (Phi) is 7.96. The summed E-state index contributed by atoms with van der Waals surface area (Å²) in [6.07, 6.45) is 17.4. The molecule has 5 heteroatoms. The van der Waals surface area contributed by atoms with Gasteiger partial charge >= 0.3 is 0 Å². The number of anilines is 2. The Labute approximate surface area is 159 Å². The molecule has 0 bridgehead atoms. The van der Waals surface area contributed by atoms with Crippen LogP contribution in [0.25, 0.3) is 0 Å². The van der Waals surface area contributed by atoms with Crippen LogP contribution in [0.2, 0.25) is 0 Å². The van der Waals surface area contributed by atoms with Gasteiger partial charge in [-0.2, -0.15) is 15.0 Å². The lowest BCUT2D eigenvalue weighted by Gasteiger charge is -2.22. The van der Waals surface area contributed by atoms with Crippen LogP contribution in [-0.4, -0.2) is 28.0 Å². The summed E-state index contributed by atoms with van der Waals surface area (Å²) in [6.45, 7) is 4.05. The van der Waals surface area contributed by atoms with Crippen molar-refractivity contribution in [2.75, 3.05) is 23.7 Å². The van der Waals surface area contributed by atoms with Crippen molar-refractivity contribution in [3.05, 3.63) is 5.82 Å². The molecule has 0 aliphatic heterocycles. The van der Waals surface area contributed by atoms with Gasteiger partial charge in [-0.3, -0.25) is 0 Å². The van der Waals surface area contributed by atoms with Gasteiger partial charge in [0.1, 0.15) is 5.82 Å². The quantitative estimate of drug-likeness (QED) is 0.634. The van der Waals surface area contributed by atoms with Gasteiger partial charge in [0.2, 0.25) is 11.9 Å². The molecule has 0 radical (unpaired) electrons. The largest absolute Gasteiger partial charge is 0.354 e. The molecule has 0 amide bonds. The summed E-state index contributed by atoms with van der Waals surface area (Å²) in [4.78, 5) is 13.7. The minimum atomic E-state index is 0.743. The number of rotatable bonds is 9. The minimum Gasteiger partial charge on any atom is -0.354 e. The van der Waals surface area contributed by atoms with E-state index in [4.69, 9.17) is 0 Å². The van der Waals surface area contributed by atoms with Crippen LogP contribution in [0.1, 0.15) is 89.8 Å². The first-order chi connectivity index (χ1) is 12.8. The third kappa shape index (κ3) is 6.40. The van der Waals surface area contributed by atoms with Crippen LogP contribution in [0, 0.1) is 11.8 Å². The van der Waals surface area contributed by atoms with E-state index in [1.54, 1.807) is 0 Å². The summed E-state index contributed by atoms with van der Waals surface area (Å²) < 4.78 is 0. The molecule has 2 saturated carbocycles. The Morgan fingerprint density at radius 2 is 1.15 bits per heavy atom. The minimum absolute atomic E-state index is 0.743. The second-order valence-corrected chi connectivity index (χ2v) is 8.19. The van der Waals surface area contributed by atoms with Crippen molar-refractivity contribution in [3.8, 4) is 0 Å². The highest BCUT2D eigenvalue weighted by molar-refractivity contribution is 5.34. The average molecular weight is 360 g/mol. The Morgan fingerprint density at radius 1 is 0.692 bits per heavy atom. The van der Waals surface area contributed by atoms with Gasteiger partial charge in [0.05, 0.1) is 0 Å². The first-order valence-electron chi connectivity index (χ1n) is 11.1. The Bertz CT molecular complexity index is 479. The fraction of sp³-hybridized carbons (Fsp3) is 0.857. The number of hydrogen-bond donors (Lipinski definition) is 2. The number of aryl methyl sites for hydroxylation is 1. The van der Waals surface area contributed by atoms with E-state index in [9.17, 15) is 0 Å². The standard InChI is InChI=1S/C21H37N5/c1-2-19-24-20(22-15-13-17-9-5-3-6-10-17)26-21(25-19)23-16-14-18-11-7-4-8-12-18/h17-18H,2-16H2,1H3,(H2,22,23,24,25,26). The molecule has 5 nitrogen and oxygen atoms in total. The maximum atomic E-state index is 4.60. The summed E-state index contributed by atoms with van der Waals surface area (Å²) in [5.74, 6) is 4.13. The Balaban J connectivity index is 1.45. The summed E-state index contributed by atoms with van der Waals surface area (Å²) in [5.41, 5.74) is 0. The molecule has 2 aliphatic rings. The molecule has 2 N–H and O–H groups in total. The first-order valence-corrected chi connectivity index (χ1v) is 11.1.